The van der Waals surface area contributed by atoms with Gasteiger partial charge >= 0.3 is 5.97 Å². The molecule has 5 heteroatoms. The molecule has 0 saturated carbocycles. The maximum Gasteiger partial charge on any atom is 0.365 e. The number of aromatic nitrogens is 1. The molecule has 0 atom stereocenters. The fraction of sp³-hybridized carbons (Fsp3) is 0.0556. The van der Waals surface area contributed by atoms with Gasteiger partial charge in [-0.05, 0) is 19.1 Å². The Morgan fingerprint density at radius 1 is 1.04 bits per heavy atom. The SMILES string of the molecule is CC(=NOC(=O)c1ccccc1)c1csc(-c2ccccc2)n1. The van der Waals surface area contributed by atoms with E-state index in [0.717, 1.165) is 10.6 Å². The van der Waals surface area contributed by atoms with Crippen molar-refractivity contribution >= 4 is 23.0 Å². The molecule has 0 spiro atoms. The van der Waals surface area contributed by atoms with E-state index in [9.17, 15) is 4.79 Å². The summed E-state index contributed by atoms with van der Waals surface area (Å²) < 4.78 is 0. The smallest absolute Gasteiger partial charge is 0.312 e. The average Bonchev–Trinajstić information content (AvgIpc) is 3.11. The van der Waals surface area contributed by atoms with Crippen molar-refractivity contribution in [2.75, 3.05) is 0 Å². The molecule has 3 aromatic rings. The van der Waals surface area contributed by atoms with Gasteiger partial charge in [-0.15, -0.1) is 11.3 Å². The zero-order chi connectivity index (χ0) is 16.1. The number of benzene rings is 2. The van der Waals surface area contributed by atoms with Gasteiger partial charge in [-0.2, -0.15) is 0 Å². The monoisotopic (exact) mass is 322 g/mol. The second-order valence-electron chi connectivity index (χ2n) is 4.83. The number of nitrogens with zero attached hydrogens (tertiary/aromatic N) is 2. The Morgan fingerprint density at radius 3 is 2.39 bits per heavy atom. The molecule has 0 amide bonds. The summed E-state index contributed by atoms with van der Waals surface area (Å²) in [6, 6.07) is 18.7. The summed E-state index contributed by atoms with van der Waals surface area (Å²) in [4.78, 5) is 21.4. The summed E-state index contributed by atoms with van der Waals surface area (Å²) in [7, 11) is 0. The van der Waals surface area contributed by atoms with Gasteiger partial charge in [0.15, 0.2) is 0 Å². The third-order valence-electron chi connectivity index (χ3n) is 3.17. The van der Waals surface area contributed by atoms with E-state index in [2.05, 4.69) is 10.1 Å². The highest BCUT2D eigenvalue weighted by atomic mass is 32.1. The number of hydrogen-bond acceptors (Lipinski definition) is 5. The van der Waals surface area contributed by atoms with Gasteiger partial charge in [-0.1, -0.05) is 53.7 Å². The van der Waals surface area contributed by atoms with Gasteiger partial charge in [0.05, 0.1) is 11.3 Å². The summed E-state index contributed by atoms with van der Waals surface area (Å²) in [6.07, 6.45) is 0. The molecule has 0 aliphatic heterocycles. The fourth-order valence-electron chi connectivity index (χ4n) is 1.94. The molecule has 0 fully saturated rings. The summed E-state index contributed by atoms with van der Waals surface area (Å²) in [5.41, 5.74) is 2.78. The average molecular weight is 322 g/mol. The Labute approximate surface area is 138 Å². The second kappa shape index (κ2) is 6.98. The van der Waals surface area contributed by atoms with Crippen LogP contribution >= 0.6 is 11.3 Å². The van der Waals surface area contributed by atoms with Crippen LogP contribution in [0.1, 0.15) is 23.0 Å². The number of carbonyl (C=O) groups excluding carboxylic acids is 1. The highest BCUT2D eigenvalue weighted by Gasteiger charge is 2.09. The summed E-state index contributed by atoms with van der Waals surface area (Å²) in [5.74, 6) is -0.483. The van der Waals surface area contributed by atoms with Gasteiger partial charge in [0, 0.05) is 10.9 Å². The molecule has 114 valence electrons. The highest BCUT2D eigenvalue weighted by molar-refractivity contribution is 7.13. The van der Waals surface area contributed by atoms with Crippen LogP contribution in [0.25, 0.3) is 10.6 Å². The summed E-state index contributed by atoms with van der Waals surface area (Å²) in [6.45, 7) is 1.77. The Bertz CT molecular complexity index is 826. The van der Waals surface area contributed by atoms with Gasteiger partial charge in [-0.25, -0.2) is 9.78 Å². The van der Waals surface area contributed by atoms with E-state index in [1.54, 1.807) is 31.2 Å². The normalized spacial score (nSPS) is 11.3. The van der Waals surface area contributed by atoms with Crippen LogP contribution in [0.15, 0.2) is 71.2 Å². The van der Waals surface area contributed by atoms with Crippen LogP contribution in [0.5, 0.6) is 0 Å². The molecular formula is C18H14N2O2S. The van der Waals surface area contributed by atoms with E-state index >= 15 is 0 Å². The minimum atomic E-state index is -0.483. The number of oxime groups is 1. The molecule has 0 radical (unpaired) electrons. The van der Waals surface area contributed by atoms with Crippen molar-refractivity contribution in [1.82, 2.24) is 4.98 Å². The molecule has 0 aliphatic carbocycles. The minimum absolute atomic E-state index is 0.465. The molecule has 2 aromatic carbocycles. The maximum atomic E-state index is 11.9. The van der Waals surface area contributed by atoms with Crippen LogP contribution in [0, 0.1) is 0 Å². The Kier molecular flexibility index (Phi) is 4.59. The highest BCUT2D eigenvalue weighted by Crippen LogP contribution is 2.23. The van der Waals surface area contributed by atoms with Crippen molar-refractivity contribution in [3.63, 3.8) is 0 Å². The Balaban J connectivity index is 1.72. The molecule has 0 bridgehead atoms. The molecule has 0 aliphatic rings. The fourth-order valence-corrected chi connectivity index (χ4v) is 2.81. The van der Waals surface area contributed by atoms with Gasteiger partial charge in [-0.3, -0.25) is 0 Å². The lowest BCUT2D eigenvalue weighted by Gasteiger charge is -1.99. The Hall–Kier alpha value is -2.79. The molecule has 4 nitrogen and oxygen atoms in total. The lowest BCUT2D eigenvalue weighted by atomic mass is 10.2. The topological polar surface area (TPSA) is 51.5 Å². The van der Waals surface area contributed by atoms with E-state index in [1.165, 1.54) is 11.3 Å². The molecule has 23 heavy (non-hydrogen) atoms. The van der Waals surface area contributed by atoms with E-state index in [1.807, 2.05) is 41.8 Å². The second-order valence-corrected chi connectivity index (χ2v) is 5.68. The molecule has 1 aromatic heterocycles. The van der Waals surface area contributed by atoms with Crippen molar-refractivity contribution in [2.24, 2.45) is 5.16 Å². The zero-order valence-corrected chi connectivity index (χ0v) is 13.3. The van der Waals surface area contributed by atoms with E-state index < -0.39 is 5.97 Å². The molecule has 1 heterocycles. The van der Waals surface area contributed by atoms with Crippen LogP contribution in [-0.4, -0.2) is 16.7 Å². The predicted molar refractivity (Wildman–Crippen MR) is 91.6 cm³/mol. The molecule has 0 N–H and O–H groups in total. The largest absolute Gasteiger partial charge is 0.365 e. The Morgan fingerprint density at radius 2 is 1.70 bits per heavy atom. The van der Waals surface area contributed by atoms with Gasteiger partial charge in [0.25, 0.3) is 0 Å². The lowest BCUT2D eigenvalue weighted by Crippen LogP contribution is -2.04. The first-order chi connectivity index (χ1) is 11.2. The van der Waals surface area contributed by atoms with Gasteiger partial charge in [0.2, 0.25) is 0 Å². The lowest BCUT2D eigenvalue weighted by molar-refractivity contribution is 0.0516. The first-order valence-electron chi connectivity index (χ1n) is 7.06. The van der Waals surface area contributed by atoms with Crippen molar-refractivity contribution in [1.29, 1.82) is 0 Å². The minimum Gasteiger partial charge on any atom is -0.312 e. The number of thiazole rings is 1. The van der Waals surface area contributed by atoms with Crippen LogP contribution in [0.3, 0.4) is 0 Å². The zero-order valence-electron chi connectivity index (χ0n) is 12.5. The number of carbonyl (C=O) groups is 1. The van der Waals surface area contributed by atoms with Crippen LogP contribution in [-0.2, 0) is 4.84 Å². The van der Waals surface area contributed by atoms with Crippen LogP contribution in [0.4, 0.5) is 0 Å². The first kappa shape index (κ1) is 15.1. The van der Waals surface area contributed by atoms with Crippen molar-refractivity contribution in [3.8, 4) is 10.6 Å². The molecule has 3 rings (SSSR count). The quantitative estimate of drug-likeness (QED) is 0.406. The third kappa shape index (κ3) is 3.70. The predicted octanol–water partition coefficient (Wildman–Crippen LogP) is 4.39. The third-order valence-corrected chi connectivity index (χ3v) is 4.06. The first-order valence-corrected chi connectivity index (χ1v) is 7.94. The molecule has 0 unspecified atom stereocenters. The van der Waals surface area contributed by atoms with Crippen molar-refractivity contribution < 1.29 is 9.63 Å². The molecular weight excluding hydrogens is 308 g/mol. The summed E-state index contributed by atoms with van der Waals surface area (Å²) in [5, 5.41) is 6.70. The van der Waals surface area contributed by atoms with Crippen LogP contribution in [0.2, 0.25) is 0 Å². The molecule has 0 saturated heterocycles. The van der Waals surface area contributed by atoms with Gasteiger partial charge < -0.3 is 4.84 Å². The van der Waals surface area contributed by atoms with E-state index in [0.29, 0.717) is 17.0 Å². The van der Waals surface area contributed by atoms with Crippen LogP contribution < -0.4 is 0 Å². The van der Waals surface area contributed by atoms with Crippen molar-refractivity contribution in [2.45, 2.75) is 6.92 Å². The summed E-state index contributed by atoms with van der Waals surface area (Å²) >= 11 is 1.53. The van der Waals surface area contributed by atoms with Gasteiger partial charge in [0.1, 0.15) is 10.7 Å². The maximum absolute atomic E-state index is 11.9. The number of hydrogen-bond donors (Lipinski definition) is 0. The van der Waals surface area contributed by atoms with E-state index in [4.69, 9.17) is 4.84 Å². The number of rotatable bonds is 4. The van der Waals surface area contributed by atoms with E-state index in [-0.39, 0.29) is 0 Å². The van der Waals surface area contributed by atoms with Crippen molar-refractivity contribution in [3.05, 3.63) is 77.3 Å². The standard InChI is InChI=1S/C18H14N2O2S/c1-13(20-22-18(21)15-10-6-3-7-11-15)16-12-23-17(19-16)14-8-4-2-5-9-14/h2-12H,1H3.